The van der Waals surface area contributed by atoms with Crippen molar-refractivity contribution in [2.45, 2.75) is 19.3 Å². The van der Waals surface area contributed by atoms with Crippen LogP contribution in [0.1, 0.15) is 18.4 Å². The van der Waals surface area contributed by atoms with E-state index in [1.165, 1.54) is 11.0 Å². The van der Waals surface area contributed by atoms with Crippen LogP contribution in [0.25, 0.3) is 0 Å². The third-order valence-corrected chi connectivity index (χ3v) is 4.86. The normalized spacial score (nSPS) is 17.1. The lowest BCUT2D eigenvalue weighted by atomic mass is 9.95. The van der Waals surface area contributed by atoms with E-state index in [0.717, 1.165) is 23.4 Å². The number of anilines is 2. The number of hydrogen-bond donors (Lipinski definition) is 2. The fourth-order valence-corrected chi connectivity index (χ4v) is 3.44. The summed E-state index contributed by atoms with van der Waals surface area (Å²) < 4.78 is 0. The van der Waals surface area contributed by atoms with Crippen molar-refractivity contribution < 1.29 is 14.4 Å². The summed E-state index contributed by atoms with van der Waals surface area (Å²) in [5.41, 5.74) is 7.89. The van der Waals surface area contributed by atoms with Gasteiger partial charge < -0.3 is 16.0 Å². The lowest BCUT2D eigenvalue weighted by molar-refractivity contribution is -0.130. The molecular formula is C18H22N4O3. The Balaban J connectivity index is 1.60. The fraction of sp³-hybridized carbons (Fsp3) is 0.389. The Morgan fingerprint density at radius 3 is 2.56 bits per heavy atom. The molecule has 1 aromatic carbocycles. The zero-order valence-electron chi connectivity index (χ0n) is 14.0. The van der Waals surface area contributed by atoms with Crippen molar-refractivity contribution >= 4 is 29.2 Å². The lowest BCUT2D eigenvalue weighted by Crippen LogP contribution is -2.40. The second-order valence-electron chi connectivity index (χ2n) is 6.38. The zero-order chi connectivity index (χ0) is 18.0. The first kappa shape index (κ1) is 17.0. The van der Waals surface area contributed by atoms with Crippen LogP contribution in [-0.4, -0.2) is 42.4 Å². The molecule has 25 heavy (non-hydrogen) atoms. The molecule has 1 aromatic rings. The van der Waals surface area contributed by atoms with Crippen molar-refractivity contribution in [3.8, 4) is 0 Å². The predicted molar refractivity (Wildman–Crippen MR) is 95.2 cm³/mol. The van der Waals surface area contributed by atoms with Gasteiger partial charge in [-0.1, -0.05) is 6.58 Å². The molecule has 0 radical (unpaired) electrons. The molecule has 132 valence electrons. The van der Waals surface area contributed by atoms with Gasteiger partial charge in [0.15, 0.2) is 0 Å². The molecule has 0 saturated carbocycles. The number of piperidine rings is 1. The standard InChI is InChI=1S/C18H22N4O3/c1-2-16(23)21-8-5-12(6-9-21)17(24)20-14-3-4-15-13(11-14)7-10-22(15)18(19)25/h2-4,11-12H,1,5-10H2,(H2,19,25)(H,20,24). The Morgan fingerprint density at radius 1 is 1.20 bits per heavy atom. The quantitative estimate of drug-likeness (QED) is 0.815. The molecule has 2 aliphatic rings. The maximum absolute atomic E-state index is 12.5. The Bertz CT molecular complexity index is 723. The molecule has 0 unspecified atom stereocenters. The predicted octanol–water partition coefficient (Wildman–Crippen LogP) is 1.49. The third-order valence-electron chi connectivity index (χ3n) is 4.86. The van der Waals surface area contributed by atoms with E-state index < -0.39 is 6.03 Å². The highest BCUT2D eigenvalue weighted by Gasteiger charge is 2.27. The minimum atomic E-state index is -0.462. The number of primary amides is 1. The van der Waals surface area contributed by atoms with E-state index in [0.29, 0.717) is 32.5 Å². The maximum Gasteiger partial charge on any atom is 0.319 e. The first-order valence-corrected chi connectivity index (χ1v) is 8.41. The van der Waals surface area contributed by atoms with Gasteiger partial charge in [-0.25, -0.2) is 4.79 Å². The van der Waals surface area contributed by atoms with Crippen LogP contribution < -0.4 is 16.0 Å². The summed E-state index contributed by atoms with van der Waals surface area (Å²) in [6.45, 7) is 5.20. The summed E-state index contributed by atoms with van der Waals surface area (Å²) in [5, 5.41) is 2.95. The Kier molecular flexibility index (Phi) is 4.74. The average Bonchev–Trinajstić information content (AvgIpc) is 3.04. The summed E-state index contributed by atoms with van der Waals surface area (Å²) in [6, 6.07) is 5.03. The number of fused-ring (bicyclic) bond motifs is 1. The summed E-state index contributed by atoms with van der Waals surface area (Å²) in [5.74, 6) is -0.226. The summed E-state index contributed by atoms with van der Waals surface area (Å²) in [4.78, 5) is 38.7. The number of carbonyl (C=O) groups is 3. The Labute approximate surface area is 146 Å². The third kappa shape index (κ3) is 3.50. The molecule has 4 amide bonds. The number of nitrogens with two attached hydrogens (primary N) is 1. The molecule has 7 heteroatoms. The van der Waals surface area contributed by atoms with E-state index in [4.69, 9.17) is 5.73 Å². The molecule has 1 fully saturated rings. The van der Waals surface area contributed by atoms with Gasteiger partial charge in [-0.05, 0) is 49.1 Å². The van der Waals surface area contributed by atoms with Gasteiger partial charge in [-0.2, -0.15) is 0 Å². The molecule has 0 atom stereocenters. The lowest BCUT2D eigenvalue weighted by Gasteiger charge is -2.30. The summed E-state index contributed by atoms with van der Waals surface area (Å²) >= 11 is 0. The van der Waals surface area contributed by atoms with Crippen molar-refractivity contribution in [1.82, 2.24) is 4.90 Å². The zero-order valence-corrected chi connectivity index (χ0v) is 14.0. The van der Waals surface area contributed by atoms with Crippen molar-refractivity contribution in [3.63, 3.8) is 0 Å². The topological polar surface area (TPSA) is 95.7 Å². The van der Waals surface area contributed by atoms with Crippen LogP contribution in [0, 0.1) is 5.92 Å². The minimum absolute atomic E-state index is 0.0320. The van der Waals surface area contributed by atoms with E-state index in [-0.39, 0.29) is 17.7 Å². The van der Waals surface area contributed by atoms with E-state index in [9.17, 15) is 14.4 Å². The van der Waals surface area contributed by atoms with E-state index in [2.05, 4.69) is 11.9 Å². The molecular weight excluding hydrogens is 320 g/mol. The number of benzene rings is 1. The number of urea groups is 1. The van der Waals surface area contributed by atoms with Crippen LogP contribution in [0.2, 0.25) is 0 Å². The van der Waals surface area contributed by atoms with Crippen molar-refractivity contribution in [1.29, 1.82) is 0 Å². The van der Waals surface area contributed by atoms with Crippen LogP contribution in [0.5, 0.6) is 0 Å². The molecule has 7 nitrogen and oxygen atoms in total. The molecule has 3 N–H and O–H groups in total. The average molecular weight is 342 g/mol. The van der Waals surface area contributed by atoms with Gasteiger partial charge in [0.25, 0.3) is 0 Å². The minimum Gasteiger partial charge on any atom is -0.351 e. The van der Waals surface area contributed by atoms with Gasteiger partial charge in [0.2, 0.25) is 11.8 Å². The monoisotopic (exact) mass is 342 g/mol. The largest absolute Gasteiger partial charge is 0.351 e. The summed E-state index contributed by atoms with van der Waals surface area (Å²) in [7, 11) is 0. The molecule has 2 heterocycles. The number of nitrogens with zero attached hydrogens (tertiary/aromatic N) is 2. The first-order valence-electron chi connectivity index (χ1n) is 8.41. The second kappa shape index (κ2) is 6.96. The number of amides is 4. The molecule has 0 aliphatic carbocycles. The molecule has 0 spiro atoms. The molecule has 3 rings (SSSR count). The SMILES string of the molecule is C=CC(=O)N1CCC(C(=O)Nc2ccc3c(c2)CCN3C(N)=O)CC1. The van der Waals surface area contributed by atoms with Gasteiger partial charge >= 0.3 is 6.03 Å². The van der Waals surface area contributed by atoms with Gasteiger partial charge in [-0.3, -0.25) is 14.5 Å². The van der Waals surface area contributed by atoms with Crippen LogP contribution in [0.15, 0.2) is 30.9 Å². The van der Waals surface area contributed by atoms with E-state index >= 15 is 0 Å². The fourth-order valence-electron chi connectivity index (χ4n) is 3.44. The number of likely N-dealkylation sites (tertiary alicyclic amines) is 1. The first-order chi connectivity index (χ1) is 12.0. The molecule has 2 aliphatic heterocycles. The summed E-state index contributed by atoms with van der Waals surface area (Å²) in [6.07, 6.45) is 3.32. The van der Waals surface area contributed by atoms with Gasteiger partial charge in [-0.15, -0.1) is 0 Å². The molecule has 0 bridgehead atoms. The maximum atomic E-state index is 12.5. The smallest absolute Gasteiger partial charge is 0.319 e. The van der Waals surface area contributed by atoms with Gasteiger partial charge in [0, 0.05) is 36.9 Å². The van der Waals surface area contributed by atoms with Crippen molar-refractivity contribution in [2.24, 2.45) is 11.7 Å². The van der Waals surface area contributed by atoms with Crippen LogP contribution in [0.3, 0.4) is 0 Å². The number of carbonyl (C=O) groups excluding carboxylic acids is 3. The number of nitrogens with one attached hydrogen (secondary N) is 1. The van der Waals surface area contributed by atoms with Gasteiger partial charge in [0.1, 0.15) is 0 Å². The highest BCUT2D eigenvalue weighted by molar-refractivity contribution is 5.96. The van der Waals surface area contributed by atoms with Crippen molar-refractivity contribution in [3.05, 3.63) is 36.4 Å². The van der Waals surface area contributed by atoms with E-state index in [1.807, 2.05) is 12.1 Å². The van der Waals surface area contributed by atoms with Crippen LogP contribution >= 0.6 is 0 Å². The number of hydrogen-bond acceptors (Lipinski definition) is 3. The Hall–Kier alpha value is -2.83. The highest BCUT2D eigenvalue weighted by Crippen LogP contribution is 2.30. The number of rotatable bonds is 3. The van der Waals surface area contributed by atoms with Crippen LogP contribution in [-0.2, 0) is 16.0 Å². The second-order valence-corrected chi connectivity index (χ2v) is 6.38. The highest BCUT2D eigenvalue weighted by atomic mass is 16.2. The molecule has 0 aromatic heterocycles. The molecule has 1 saturated heterocycles. The van der Waals surface area contributed by atoms with Crippen LogP contribution in [0.4, 0.5) is 16.2 Å². The van der Waals surface area contributed by atoms with Gasteiger partial charge in [0.05, 0.1) is 0 Å². The van der Waals surface area contributed by atoms with Crippen molar-refractivity contribution in [2.75, 3.05) is 29.9 Å². The van der Waals surface area contributed by atoms with E-state index in [1.54, 1.807) is 11.0 Å². The Morgan fingerprint density at radius 2 is 1.92 bits per heavy atom.